The second-order valence-electron chi connectivity index (χ2n) is 3.57. The Kier molecular flexibility index (Phi) is 3.74. The van der Waals surface area contributed by atoms with Crippen molar-refractivity contribution in [2.45, 2.75) is 0 Å². The highest BCUT2D eigenvalue weighted by Gasteiger charge is 2.00. The molecule has 0 radical (unpaired) electrons. The molecular weight excluding hydrogens is 251 g/mol. The number of halogens is 1. The number of nitrogens with one attached hydrogen (secondary N) is 1. The number of rotatable bonds is 3. The highest BCUT2D eigenvalue weighted by Crippen LogP contribution is 2.24. The van der Waals surface area contributed by atoms with Crippen molar-refractivity contribution in [3.8, 4) is 11.5 Å². The molecule has 0 aliphatic heterocycles. The summed E-state index contributed by atoms with van der Waals surface area (Å²) in [5, 5.41) is 3.00. The van der Waals surface area contributed by atoms with Gasteiger partial charge < -0.3 is 15.8 Å². The maximum atomic E-state index is 12.7. The molecule has 0 unspecified atom stereocenters. The molecule has 0 spiro atoms. The molecule has 3 nitrogen and oxygen atoms in total. The van der Waals surface area contributed by atoms with E-state index >= 15 is 0 Å². The van der Waals surface area contributed by atoms with Gasteiger partial charge >= 0.3 is 0 Å². The first-order chi connectivity index (χ1) is 8.63. The largest absolute Gasteiger partial charge is 0.457 e. The first-order valence-electron chi connectivity index (χ1n) is 5.23. The fraction of sp³-hybridized carbons (Fsp3) is 0. The Labute approximate surface area is 109 Å². The van der Waals surface area contributed by atoms with E-state index in [0.29, 0.717) is 11.5 Å². The van der Waals surface area contributed by atoms with Crippen molar-refractivity contribution in [3.63, 3.8) is 0 Å². The molecular formula is C13H11FN2OS. The van der Waals surface area contributed by atoms with Gasteiger partial charge in [-0.05, 0) is 48.6 Å². The molecule has 2 aromatic rings. The predicted molar refractivity (Wildman–Crippen MR) is 73.3 cm³/mol. The zero-order valence-electron chi connectivity index (χ0n) is 9.39. The molecule has 0 atom stereocenters. The predicted octanol–water partition coefficient (Wildman–Crippen LogP) is 3.27. The van der Waals surface area contributed by atoms with Crippen LogP contribution in [0.2, 0.25) is 0 Å². The summed E-state index contributed by atoms with van der Waals surface area (Å²) in [5.74, 6) is 0.873. The van der Waals surface area contributed by atoms with Crippen LogP contribution in [0.5, 0.6) is 11.5 Å². The van der Waals surface area contributed by atoms with Gasteiger partial charge in [-0.2, -0.15) is 0 Å². The number of ether oxygens (including phenoxy) is 1. The summed E-state index contributed by atoms with van der Waals surface area (Å²) < 4.78 is 18.3. The van der Waals surface area contributed by atoms with Crippen molar-refractivity contribution in [2.24, 2.45) is 5.73 Å². The van der Waals surface area contributed by atoms with Crippen LogP contribution in [0.15, 0.2) is 48.5 Å². The number of thiocarbonyl (C=S) groups is 1. The van der Waals surface area contributed by atoms with E-state index in [0.717, 1.165) is 5.69 Å². The molecule has 0 amide bonds. The summed E-state index contributed by atoms with van der Waals surface area (Å²) >= 11 is 4.75. The lowest BCUT2D eigenvalue weighted by molar-refractivity contribution is 0.481. The number of anilines is 1. The zero-order valence-corrected chi connectivity index (χ0v) is 10.2. The maximum absolute atomic E-state index is 12.7. The smallest absolute Gasteiger partial charge is 0.168 e. The molecule has 5 heteroatoms. The van der Waals surface area contributed by atoms with Gasteiger partial charge in [0.25, 0.3) is 0 Å². The van der Waals surface area contributed by atoms with E-state index in [-0.39, 0.29) is 10.9 Å². The van der Waals surface area contributed by atoms with Crippen LogP contribution in [0.3, 0.4) is 0 Å². The van der Waals surface area contributed by atoms with Crippen molar-refractivity contribution >= 4 is 23.0 Å². The minimum absolute atomic E-state index is 0.189. The van der Waals surface area contributed by atoms with Crippen LogP contribution in [-0.4, -0.2) is 5.11 Å². The number of benzene rings is 2. The molecule has 2 rings (SSSR count). The standard InChI is InChI=1S/C13H11FN2OS/c14-9-4-6-11(7-5-9)17-12-3-1-2-10(8-12)16-13(15)18/h1-8H,(H3,15,16,18). The Hall–Kier alpha value is -2.14. The van der Waals surface area contributed by atoms with Gasteiger partial charge in [0.05, 0.1) is 0 Å². The van der Waals surface area contributed by atoms with Crippen LogP contribution in [0, 0.1) is 5.82 Å². The van der Waals surface area contributed by atoms with Gasteiger partial charge in [0.15, 0.2) is 5.11 Å². The highest BCUT2D eigenvalue weighted by atomic mass is 32.1. The molecule has 2 aromatic carbocycles. The Bertz CT molecular complexity index is 557. The van der Waals surface area contributed by atoms with Crippen LogP contribution in [0.25, 0.3) is 0 Å². The summed E-state index contributed by atoms with van der Waals surface area (Å²) in [6, 6.07) is 13.0. The van der Waals surface area contributed by atoms with Gasteiger partial charge in [-0.3, -0.25) is 0 Å². The summed E-state index contributed by atoms with van der Waals surface area (Å²) in [7, 11) is 0. The van der Waals surface area contributed by atoms with Gasteiger partial charge in [0, 0.05) is 11.8 Å². The lowest BCUT2D eigenvalue weighted by Gasteiger charge is -2.08. The van der Waals surface area contributed by atoms with E-state index in [9.17, 15) is 4.39 Å². The molecule has 92 valence electrons. The average Bonchev–Trinajstić information content (AvgIpc) is 2.32. The maximum Gasteiger partial charge on any atom is 0.168 e. The SMILES string of the molecule is NC(=S)Nc1cccc(Oc2ccc(F)cc2)c1. The third kappa shape index (κ3) is 3.43. The number of hydrogen-bond donors (Lipinski definition) is 2. The third-order valence-corrected chi connectivity index (χ3v) is 2.25. The normalized spacial score (nSPS) is 9.83. The van der Waals surface area contributed by atoms with Crippen molar-refractivity contribution in [1.29, 1.82) is 0 Å². The second kappa shape index (κ2) is 5.46. The van der Waals surface area contributed by atoms with Gasteiger partial charge in [0.1, 0.15) is 17.3 Å². The van der Waals surface area contributed by atoms with E-state index in [1.54, 1.807) is 30.3 Å². The quantitative estimate of drug-likeness (QED) is 0.833. The van der Waals surface area contributed by atoms with Crippen LogP contribution in [0.4, 0.5) is 10.1 Å². The van der Waals surface area contributed by atoms with Crippen LogP contribution in [-0.2, 0) is 0 Å². The minimum Gasteiger partial charge on any atom is -0.457 e. The van der Waals surface area contributed by atoms with E-state index in [4.69, 9.17) is 22.7 Å². The fourth-order valence-electron chi connectivity index (χ4n) is 1.42. The topological polar surface area (TPSA) is 47.3 Å². The van der Waals surface area contributed by atoms with Crippen molar-refractivity contribution in [2.75, 3.05) is 5.32 Å². The van der Waals surface area contributed by atoms with Gasteiger partial charge in [-0.15, -0.1) is 0 Å². The first-order valence-corrected chi connectivity index (χ1v) is 5.64. The average molecular weight is 262 g/mol. The molecule has 0 saturated heterocycles. The first kappa shape index (κ1) is 12.3. The summed E-state index contributed by atoms with van der Waals surface area (Å²) in [6.07, 6.45) is 0. The van der Waals surface area contributed by atoms with E-state index in [1.165, 1.54) is 12.1 Å². The van der Waals surface area contributed by atoms with Crippen molar-refractivity contribution < 1.29 is 9.13 Å². The number of hydrogen-bond acceptors (Lipinski definition) is 2. The minimum atomic E-state index is -0.300. The zero-order chi connectivity index (χ0) is 13.0. The Morgan fingerprint density at radius 2 is 1.83 bits per heavy atom. The molecule has 0 aromatic heterocycles. The lowest BCUT2D eigenvalue weighted by atomic mass is 10.3. The molecule has 0 fully saturated rings. The van der Waals surface area contributed by atoms with E-state index < -0.39 is 0 Å². The molecule has 0 aliphatic rings. The summed E-state index contributed by atoms with van der Waals surface area (Å²) in [5.41, 5.74) is 6.12. The van der Waals surface area contributed by atoms with Crippen molar-refractivity contribution in [3.05, 3.63) is 54.3 Å². The Morgan fingerprint density at radius 3 is 2.50 bits per heavy atom. The van der Waals surface area contributed by atoms with Crippen LogP contribution in [0.1, 0.15) is 0 Å². The van der Waals surface area contributed by atoms with Gasteiger partial charge in [-0.1, -0.05) is 6.07 Å². The molecule has 3 N–H and O–H groups in total. The third-order valence-electron chi connectivity index (χ3n) is 2.15. The fourth-order valence-corrected chi connectivity index (χ4v) is 1.54. The van der Waals surface area contributed by atoms with Crippen LogP contribution >= 0.6 is 12.2 Å². The monoisotopic (exact) mass is 262 g/mol. The second-order valence-corrected chi connectivity index (χ2v) is 4.01. The molecule has 18 heavy (non-hydrogen) atoms. The number of nitrogens with two attached hydrogens (primary N) is 1. The molecule has 0 heterocycles. The Balaban J connectivity index is 2.13. The highest BCUT2D eigenvalue weighted by molar-refractivity contribution is 7.80. The Morgan fingerprint density at radius 1 is 1.11 bits per heavy atom. The van der Waals surface area contributed by atoms with E-state index in [2.05, 4.69) is 5.32 Å². The van der Waals surface area contributed by atoms with Crippen molar-refractivity contribution in [1.82, 2.24) is 0 Å². The summed E-state index contributed by atoms with van der Waals surface area (Å²) in [6.45, 7) is 0. The summed E-state index contributed by atoms with van der Waals surface area (Å²) in [4.78, 5) is 0. The van der Waals surface area contributed by atoms with Gasteiger partial charge in [0.2, 0.25) is 0 Å². The lowest BCUT2D eigenvalue weighted by Crippen LogP contribution is -2.18. The van der Waals surface area contributed by atoms with Crippen LogP contribution < -0.4 is 15.8 Å². The molecule has 0 saturated carbocycles. The molecule has 0 bridgehead atoms. The molecule has 0 aliphatic carbocycles. The van der Waals surface area contributed by atoms with E-state index in [1.807, 2.05) is 6.07 Å². The van der Waals surface area contributed by atoms with Gasteiger partial charge in [-0.25, -0.2) is 4.39 Å².